The molecule has 1 aliphatic rings. The predicted octanol–water partition coefficient (Wildman–Crippen LogP) is 3.21. The minimum Gasteiger partial charge on any atom is -0.367 e. The molecule has 1 saturated heterocycles. The van der Waals surface area contributed by atoms with E-state index in [2.05, 4.69) is 62.6 Å². The van der Waals surface area contributed by atoms with Crippen LogP contribution in [0, 0.1) is 6.92 Å². The second-order valence-corrected chi connectivity index (χ2v) is 7.29. The molecule has 0 aromatic heterocycles. The van der Waals surface area contributed by atoms with E-state index in [4.69, 9.17) is 5.73 Å². The Kier molecular flexibility index (Phi) is 4.80. The lowest BCUT2D eigenvalue weighted by molar-refractivity contribution is 0.627. The Hall–Kier alpha value is -0.670. The van der Waals surface area contributed by atoms with Crippen molar-refractivity contribution in [3.63, 3.8) is 0 Å². The standard InChI is InChI=1S/C16H26N2S/c1-11-9-16(6-5-15(11)10-12(2)17)18-7-8-19-14(4)13(18)3/h5-6,9,12-14H,7-8,10,17H2,1-4H3. The summed E-state index contributed by atoms with van der Waals surface area (Å²) in [6.45, 7) is 10.1. The van der Waals surface area contributed by atoms with Gasteiger partial charge >= 0.3 is 0 Å². The number of thioether (sulfide) groups is 1. The molecule has 0 amide bonds. The average Bonchev–Trinajstić information content (AvgIpc) is 2.35. The van der Waals surface area contributed by atoms with E-state index in [0.717, 1.165) is 13.0 Å². The number of aryl methyl sites for hydroxylation is 1. The number of hydrogen-bond acceptors (Lipinski definition) is 3. The van der Waals surface area contributed by atoms with E-state index in [1.807, 2.05) is 0 Å². The average molecular weight is 278 g/mol. The van der Waals surface area contributed by atoms with Crippen LogP contribution in [0.1, 0.15) is 31.9 Å². The molecule has 2 nitrogen and oxygen atoms in total. The van der Waals surface area contributed by atoms with Crippen molar-refractivity contribution in [2.45, 2.75) is 51.4 Å². The van der Waals surface area contributed by atoms with Crippen molar-refractivity contribution in [2.75, 3.05) is 17.2 Å². The Morgan fingerprint density at radius 3 is 2.79 bits per heavy atom. The molecule has 0 radical (unpaired) electrons. The third-order valence-corrected chi connectivity index (χ3v) is 5.42. The number of nitrogens with zero attached hydrogens (tertiary/aromatic N) is 1. The maximum Gasteiger partial charge on any atom is 0.0378 e. The van der Waals surface area contributed by atoms with Crippen LogP contribution in [0.25, 0.3) is 0 Å². The van der Waals surface area contributed by atoms with E-state index in [1.165, 1.54) is 22.6 Å². The molecule has 0 saturated carbocycles. The van der Waals surface area contributed by atoms with Gasteiger partial charge in [-0.1, -0.05) is 13.0 Å². The highest BCUT2D eigenvalue weighted by molar-refractivity contribution is 8.00. The van der Waals surface area contributed by atoms with Crippen molar-refractivity contribution < 1.29 is 0 Å². The van der Waals surface area contributed by atoms with Gasteiger partial charge in [0.1, 0.15) is 0 Å². The molecule has 1 aromatic rings. The van der Waals surface area contributed by atoms with Crippen LogP contribution < -0.4 is 10.6 Å². The minimum atomic E-state index is 0.231. The lowest BCUT2D eigenvalue weighted by Crippen LogP contribution is -2.44. The highest BCUT2D eigenvalue weighted by Gasteiger charge is 2.25. The first-order chi connectivity index (χ1) is 8.99. The third-order valence-electron chi connectivity index (χ3n) is 4.08. The van der Waals surface area contributed by atoms with Crippen molar-refractivity contribution in [2.24, 2.45) is 5.73 Å². The van der Waals surface area contributed by atoms with Gasteiger partial charge < -0.3 is 10.6 Å². The number of hydrogen-bond donors (Lipinski definition) is 1. The lowest BCUT2D eigenvalue weighted by atomic mass is 10.0. The fraction of sp³-hybridized carbons (Fsp3) is 0.625. The molecule has 1 fully saturated rings. The maximum atomic E-state index is 5.90. The van der Waals surface area contributed by atoms with Crippen LogP contribution in [-0.2, 0) is 6.42 Å². The van der Waals surface area contributed by atoms with Crippen LogP contribution in [0.2, 0.25) is 0 Å². The Morgan fingerprint density at radius 1 is 1.42 bits per heavy atom. The molecule has 1 heterocycles. The van der Waals surface area contributed by atoms with Crippen LogP contribution in [0.4, 0.5) is 5.69 Å². The van der Waals surface area contributed by atoms with Crippen molar-refractivity contribution in [1.29, 1.82) is 0 Å². The topological polar surface area (TPSA) is 29.3 Å². The molecule has 19 heavy (non-hydrogen) atoms. The number of benzene rings is 1. The zero-order valence-electron chi connectivity index (χ0n) is 12.5. The normalized spacial score (nSPS) is 25.4. The molecule has 2 N–H and O–H groups in total. The van der Waals surface area contributed by atoms with Crippen molar-refractivity contribution in [3.8, 4) is 0 Å². The molecule has 1 aromatic carbocycles. The van der Waals surface area contributed by atoms with Gasteiger partial charge in [0.05, 0.1) is 0 Å². The van der Waals surface area contributed by atoms with Crippen molar-refractivity contribution >= 4 is 17.4 Å². The van der Waals surface area contributed by atoms with Crippen LogP contribution in [-0.4, -0.2) is 29.6 Å². The van der Waals surface area contributed by atoms with Crippen molar-refractivity contribution in [1.82, 2.24) is 0 Å². The monoisotopic (exact) mass is 278 g/mol. The quantitative estimate of drug-likeness (QED) is 0.920. The summed E-state index contributed by atoms with van der Waals surface area (Å²) in [6.07, 6.45) is 0.966. The number of anilines is 1. The maximum absolute atomic E-state index is 5.90. The van der Waals surface area contributed by atoms with Gasteiger partial charge in [-0.05, 0) is 50.5 Å². The van der Waals surface area contributed by atoms with Crippen molar-refractivity contribution in [3.05, 3.63) is 29.3 Å². The second-order valence-electron chi connectivity index (χ2n) is 5.80. The Bertz CT molecular complexity index is 431. The van der Waals surface area contributed by atoms with E-state index >= 15 is 0 Å². The summed E-state index contributed by atoms with van der Waals surface area (Å²) in [7, 11) is 0. The van der Waals surface area contributed by atoms with Gasteiger partial charge in [-0.15, -0.1) is 0 Å². The summed E-state index contributed by atoms with van der Waals surface area (Å²) >= 11 is 2.08. The highest BCUT2D eigenvalue weighted by Crippen LogP contribution is 2.30. The minimum absolute atomic E-state index is 0.231. The van der Waals surface area contributed by atoms with Gasteiger partial charge in [0.2, 0.25) is 0 Å². The molecule has 2 rings (SSSR count). The van der Waals surface area contributed by atoms with E-state index in [-0.39, 0.29) is 6.04 Å². The van der Waals surface area contributed by atoms with E-state index < -0.39 is 0 Å². The first kappa shape index (κ1) is 14.7. The SMILES string of the molecule is Cc1cc(N2CCSC(C)C2C)ccc1CC(C)N. The van der Waals surface area contributed by atoms with Crippen LogP contribution in [0.5, 0.6) is 0 Å². The zero-order valence-corrected chi connectivity index (χ0v) is 13.3. The number of rotatable bonds is 3. The molecule has 3 atom stereocenters. The molecule has 3 unspecified atom stereocenters. The zero-order chi connectivity index (χ0) is 14.0. The van der Waals surface area contributed by atoms with Gasteiger partial charge in [0.25, 0.3) is 0 Å². The fourth-order valence-electron chi connectivity index (χ4n) is 2.73. The smallest absolute Gasteiger partial charge is 0.0378 e. The molecule has 0 spiro atoms. The van der Waals surface area contributed by atoms with Gasteiger partial charge in [0, 0.05) is 35.3 Å². The Labute approximate surface area is 121 Å². The molecular formula is C16H26N2S. The van der Waals surface area contributed by atoms with Crippen LogP contribution in [0.3, 0.4) is 0 Å². The van der Waals surface area contributed by atoms with E-state index in [0.29, 0.717) is 11.3 Å². The largest absolute Gasteiger partial charge is 0.367 e. The second kappa shape index (κ2) is 6.19. The first-order valence-corrected chi connectivity index (χ1v) is 8.27. The predicted molar refractivity (Wildman–Crippen MR) is 87.3 cm³/mol. The molecule has 1 aliphatic heterocycles. The lowest BCUT2D eigenvalue weighted by Gasteiger charge is -2.39. The van der Waals surface area contributed by atoms with Gasteiger partial charge in [-0.2, -0.15) is 11.8 Å². The van der Waals surface area contributed by atoms with E-state index in [1.54, 1.807) is 0 Å². The summed E-state index contributed by atoms with van der Waals surface area (Å²) in [5.41, 5.74) is 10.0. The van der Waals surface area contributed by atoms with E-state index in [9.17, 15) is 0 Å². The fourth-order valence-corrected chi connectivity index (χ4v) is 3.83. The summed E-state index contributed by atoms with van der Waals surface area (Å²) in [5.74, 6) is 1.23. The van der Waals surface area contributed by atoms with Crippen LogP contribution >= 0.6 is 11.8 Å². The van der Waals surface area contributed by atoms with Crippen LogP contribution in [0.15, 0.2) is 18.2 Å². The number of nitrogens with two attached hydrogens (primary N) is 1. The molecule has 3 heteroatoms. The van der Waals surface area contributed by atoms with Gasteiger partial charge in [0.15, 0.2) is 0 Å². The third kappa shape index (κ3) is 3.46. The molecule has 106 valence electrons. The summed E-state index contributed by atoms with van der Waals surface area (Å²) in [6, 6.07) is 7.70. The first-order valence-electron chi connectivity index (χ1n) is 7.22. The van der Waals surface area contributed by atoms with Gasteiger partial charge in [-0.3, -0.25) is 0 Å². The molecule has 0 aliphatic carbocycles. The summed E-state index contributed by atoms with van der Waals surface area (Å²) < 4.78 is 0. The molecular weight excluding hydrogens is 252 g/mol. The Morgan fingerprint density at radius 2 is 2.16 bits per heavy atom. The summed E-state index contributed by atoms with van der Waals surface area (Å²) in [5, 5.41) is 0.706. The highest BCUT2D eigenvalue weighted by atomic mass is 32.2. The molecule has 0 bridgehead atoms. The summed E-state index contributed by atoms with van der Waals surface area (Å²) in [4.78, 5) is 2.55. The van der Waals surface area contributed by atoms with Gasteiger partial charge in [-0.25, -0.2) is 0 Å². The Balaban J connectivity index is 2.19.